The molecule has 0 aliphatic carbocycles. The van der Waals surface area contributed by atoms with E-state index in [1.54, 1.807) is 18.3 Å². The first-order chi connectivity index (χ1) is 14.0. The Balaban J connectivity index is 1.53. The lowest BCUT2D eigenvalue weighted by molar-refractivity contribution is -0.116. The molecule has 0 unspecified atom stereocenters. The van der Waals surface area contributed by atoms with Gasteiger partial charge in [0.2, 0.25) is 5.91 Å². The standard InChI is InChI=1S/C21H23F2N3O3/c1-28-18-12-15(4-7-17(18)29-21(22)23)6-9-20(27)25-14-16-5-8-19(24-13-16)26-10-2-3-11-26/h4-9,12-13,21H,2-3,10-11,14H2,1H3,(H,25,27)/b9-6+. The van der Waals surface area contributed by atoms with Gasteiger partial charge in [0.05, 0.1) is 7.11 Å². The predicted octanol–water partition coefficient (Wildman–Crippen LogP) is 3.62. The van der Waals surface area contributed by atoms with Gasteiger partial charge in [-0.2, -0.15) is 8.78 Å². The fourth-order valence-electron chi connectivity index (χ4n) is 3.06. The normalized spacial score (nSPS) is 13.9. The summed E-state index contributed by atoms with van der Waals surface area (Å²) in [5.41, 5.74) is 1.53. The molecule has 3 rings (SSSR count). The number of amides is 1. The maximum Gasteiger partial charge on any atom is 0.387 e. The monoisotopic (exact) mass is 403 g/mol. The quantitative estimate of drug-likeness (QED) is 0.682. The third kappa shape index (κ3) is 5.91. The van der Waals surface area contributed by atoms with Crippen molar-refractivity contribution in [3.05, 3.63) is 53.7 Å². The lowest BCUT2D eigenvalue weighted by Crippen LogP contribution is -2.21. The van der Waals surface area contributed by atoms with Gasteiger partial charge in [-0.3, -0.25) is 4.79 Å². The molecule has 0 spiro atoms. The summed E-state index contributed by atoms with van der Waals surface area (Å²) in [5, 5.41) is 2.79. The third-order valence-corrected chi connectivity index (χ3v) is 4.54. The van der Waals surface area contributed by atoms with Crippen LogP contribution in [0.5, 0.6) is 11.5 Å². The number of hydrogen-bond acceptors (Lipinski definition) is 5. The minimum absolute atomic E-state index is 0.0611. The zero-order chi connectivity index (χ0) is 20.6. The number of nitrogens with zero attached hydrogens (tertiary/aromatic N) is 2. The molecule has 2 heterocycles. The van der Waals surface area contributed by atoms with Gasteiger partial charge in [0.15, 0.2) is 11.5 Å². The van der Waals surface area contributed by atoms with Crippen LogP contribution in [0.25, 0.3) is 6.08 Å². The number of hydrogen-bond donors (Lipinski definition) is 1. The Hall–Kier alpha value is -3.16. The summed E-state index contributed by atoms with van der Waals surface area (Å²) >= 11 is 0. The summed E-state index contributed by atoms with van der Waals surface area (Å²) in [6.07, 6.45) is 7.09. The Labute approximate surface area is 168 Å². The molecule has 6 nitrogen and oxygen atoms in total. The molecule has 1 saturated heterocycles. The molecule has 8 heteroatoms. The number of carbonyl (C=O) groups is 1. The Morgan fingerprint density at radius 3 is 2.69 bits per heavy atom. The molecule has 1 aliphatic rings. The average Bonchev–Trinajstić information content (AvgIpc) is 3.26. The van der Waals surface area contributed by atoms with Gasteiger partial charge < -0.3 is 19.7 Å². The number of aromatic nitrogens is 1. The molecule has 154 valence electrons. The van der Waals surface area contributed by atoms with Crippen molar-refractivity contribution in [2.75, 3.05) is 25.1 Å². The van der Waals surface area contributed by atoms with Crippen molar-refractivity contribution in [3.8, 4) is 11.5 Å². The summed E-state index contributed by atoms with van der Waals surface area (Å²) in [7, 11) is 1.36. The number of methoxy groups -OCH3 is 1. The highest BCUT2D eigenvalue weighted by atomic mass is 19.3. The van der Waals surface area contributed by atoms with Crippen LogP contribution in [0.15, 0.2) is 42.6 Å². The zero-order valence-electron chi connectivity index (χ0n) is 16.1. The number of anilines is 1. The molecule has 0 radical (unpaired) electrons. The van der Waals surface area contributed by atoms with Crippen molar-refractivity contribution in [2.24, 2.45) is 0 Å². The maximum absolute atomic E-state index is 12.4. The first-order valence-corrected chi connectivity index (χ1v) is 9.34. The first-order valence-electron chi connectivity index (χ1n) is 9.34. The van der Waals surface area contributed by atoms with Crippen LogP contribution in [0.1, 0.15) is 24.0 Å². The van der Waals surface area contributed by atoms with E-state index in [9.17, 15) is 13.6 Å². The lowest BCUT2D eigenvalue weighted by Gasteiger charge is -2.16. The van der Waals surface area contributed by atoms with Gasteiger partial charge in [-0.1, -0.05) is 12.1 Å². The third-order valence-electron chi connectivity index (χ3n) is 4.54. The van der Waals surface area contributed by atoms with Gasteiger partial charge in [0.1, 0.15) is 5.82 Å². The molecular formula is C21H23F2N3O3. The largest absolute Gasteiger partial charge is 0.493 e. The van der Waals surface area contributed by atoms with E-state index in [-0.39, 0.29) is 17.4 Å². The molecule has 29 heavy (non-hydrogen) atoms. The highest BCUT2D eigenvalue weighted by Crippen LogP contribution is 2.29. The van der Waals surface area contributed by atoms with Crippen molar-refractivity contribution in [1.29, 1.82) is 0 Å². The van der Waals surface area contributed by atoms with Gasteiger partial charge in [0.25, 0.3) is 0 Å². The topological polar surface area (TPSA) is 63.7 Å². The van der Waals surface area contributed by atoms with Crippen LogP contribution in [0.3, 0.4) is 0 Å². The molecule has 1 aliphatic heterocycles. The van der Waals surface area contributed by atoms with Gasteiger partial charge in [-0.25, -0.2) is 4.98 Å². The van der Waals surface area contributed by atoms with Crippen molar-refractivity contribution >= 4 is 17.8 Å². The van der Waals surface area contributed by atoms with Crippen LogP contribution in [0, 0.1) is 0 Å². The van der Waals surface area contributed by atoms with Crippen LogP contribution in [0.2, 0.25) is 0 Å². The minimum Gasteiger partial charge on any atom is -0.493 e. The number of alkyl halides is 2. The molecule has 1 amide bonds. The minimum atomic E-state index is -2.94. The summed E-state index contributed by atoms with van der Waals surface area (Å²) < 4.78 is 34.1. The smallest absolute Gasteiger partial charge is 0.387 e. The second kappa shape index (κ2) is 9.86. The van der Waals surface area contributed by atoms with E-state index in [2.05, 4.69) is 19.9 Å². The van der Waals surface area contributed by atoms with Gasteiger partial charge >= 0.3 is 6.61 Å². The molecule has 1 aromatic heterocycles. The second-order valence-corrected chi connectivity index (χ2v) is 6.56. The molecule has 1 N–H and O–H groups in total. The van der Waals surface area contributed by atoms with E-state index >= 15 is 0 Å². The molecule has 0 atom stereocenters. The van der Waals surface area contributed by atoms with Crippen LogP contribution in [-0.4, -0.2) is 37.7 Å². The van der Waals surface area contributed by atoms with E-state index in [0.29, 0.717) is 12.1 Å². The Kier molecular flexibility index (Phi) is 6.99. The molecule has 2 aromatic rings. The summed E-state index contributed by atoms with van der Waals surface area (Å²) in [5.74, 6) is 0.789. The van der Waals surface area contributed by atoms with E-state index in [1.165, 1.54) is 38.2 Å². The summed E-state index contributed by atoms with van der Waals surface area (Å²) in [6.45, 7) is -0.502. The molecule has 1 aromatic carbocycles. The molecule has 0 saturated carbocycles. The number of carbonyl (C=O) groups excluding carboxylic acids is 1. The molecule has 0 bridgehead atoms. The number of pyridine rings is 1. The van der Waals surface area contributed by atoms with Gasteiger partial charge in [-0.05, 0) is 48.2 Å². The van der Waals surface area contributed by atoms with Crippen molar-refractivity contribution in [3.63, 3.8) is 0 Å². The zero-order valence-corrected chi connectivity index (χ0v) is 16.1. The van der Waals surface area contributed by atoms with E-state index < -0.39 is 6.61 Å². The second-order valence-electron chi connectivity index (χ2n) is 6.56. The fraction of sp³-hybridized carbons (Fsp3) is 0.333. The number of nitrogens with one attached hydrogen (secondary N) is 1. The van der Waals surface area contributed by atoms with E-state index in [1.807, 2.05) is 12.1 Å². The highest BCUT2D eigenvalue weighted by Gasteiger charge is 2.13. The SMILES string of the molecule is COc1cc(/C=C/C(=O)NCc2ccc(N3CCCC3)nc2)ccc1OC(F)F. The maximum atomic E-state index is 12.4. The van der Waals surface area contributed by atoms with Crippen LogP contribution < -0.4 is 19.7 Å². The number of halogens is 2. The first kappa shape index (κ1) is 20.6. The van der Waals surface area contributed by atoms with Gasteiger partial charge in [0, 0.05) is 31.9 Å². The summed E-state index contributed by atoms with van der Waals surface area (Å²) in [4.78, 5) is 18.8. The summed E-state index contributed by atoms with van der Waals surface area (Å²) in [6, 6.07) is 8.37. The van der Waals surface area contributed by atoms with Gasteiger partial charge in [-0.15, -0.1) is 0 Å². The van der Waals surface area contributed by atoms with Crippen molar-refractivity contribution in [1.82, 2.24) is 10.3 Å². The number of rotatable bonds is 8. The van der Waals surface area contributed by atoms with Crippen LogP contribution in [-0.2, 0) is 11.3 Å². The predicted molar refractivity (Wildman–Crippen MR) is 106 cm³/mol. The number of benzene rings is 1. The Morgan fingerprint density at radius 1 is 1.24 bits per heavy atom. The lowest BCUT2D eigenvalue weighted by atomic mass is 10.2. The van der Waals surface area contributed by atoms with E-state index in [0.717, 1.165) is 24.5 Å². The average molecular weight is 403 g/mol. The van der Waals surface area contributed by atoms with Crippen LogP contribution >= 0.6 is 0 Å². The Bertz CT molecular complexity index is 851. The molecule has 1 fully saturated rings. The number of ether oxygens (including phenoxy) is 2. The highest BCUT2D eigenvalue weighted by molar-refractivity contribution is 5.91. The fourth-order valence-corrected chi connectivity index (χ4v) is 3.06. The molecular weight excluding hydrogens is 380 g/mol. The van der Waals surface area contributed by atoms with Crippen molar-refractivity contribution < 1.29 is 23.0 Å². The van der Waals surface area contributed by atoms with Crippen LogP contribution in [0.4, 0.5) is 14.6 Å². The van der Waals surface area contributed by atoms with Crippen molar-refractivity contribution in [2.45, 2.75) is 26.0 Å². The Morgan fingerprint density at radius 2 is 2.03 bits per heavy atom. The van der Waals surface area contributed by atoms with E-state index in [4.69, 9.17) is 4.74 Å².